The molecule has 1 saturated carbocycles. The molecule has 0 amide bonds. The molecule has 0 aromatic carbocycles. The third kappa shape index (κ3) is 2.18. The second-order valence-electron chi connectivity index (χ2n) is 5.87. The van der Waals surface area contributed by atoms with Gasteiger partial charge in [-0.05, 0) is 29.7 Å². The van der Waals surface area contributed by atoms with Crippen molar-refractivity contribution in [3.8, 4) is 6.07 Å². The van der Waals surface area contributed by atoms with Crippen LogP contribution in [0.15, 0.2) is 0 Å². The monoisotopic (exact) mass is 208 g/mol. The summed E-state index contributed by atoms with van der Waals surface area (Å²) < 4.78 is 0. The van der Waals surface area contributed by atoms with Crippen molar-refractivity contribution in [1.29, 1.82) is 5.26 Å². The van der Waals surface area contributed by atoms with Gasteiger partial charge in [0, 0.05) is 6.04 Å². The minimum Gasteiger partial charge on any atom is -0.313 e. The molecule has 1 unspecified atom stereocenters. The summed E-state index contributed by atoms with van der Waals surface area (Å²) in [6.07, 6.45) is 1.67. The summed E-state index contributed by atoms with van der Waals surface area (Å²) in [6.45, 7) is 12.5. The Morgan fingerprint density at radius 3 is 2.13 bits per heavy atom. The second kappa shape index (κ2) is 4.14. The Balaban J connectivity index is 2.37. The molecule has 15 heavy (non-hydrogen) atoms. The van der Waals surface area contributed by atoms with E-state index in [1.54, 1.807) is 0 Å². The molecule has 2 heteroatoms. The number of nitriles is 1. The highest BCUT2D eigenvalue weighted by Crippen LogP contribution is 2.67. The largest absolute Gasteiger partial charge is 0.313 e. The van der Waals surface area contributed by atoms with Crippen molar-refractivity contribution in [3.63, 3.8) is 0 Å². The summed E-state index contributed by atoms with van der Waals surface area (Å²) >= 11 is 0. The quantitative estimate of drug-likeness (QED) is 0.754. The Bertz CT molecular complexity index is 246. The van der Waals surface area contributed by atoms with Crippen LogP contribution in [0.25, 0.3) is 0 Å². The fourth-order valence-electron chi connectivity index (χ4n) is 2.60. The molecular formula is C13H24N2. The van der Waals surface area contributed by atoms with Crippen molar-refractivity contribution in [2.24, 2.45) is 16.7 Å². The van der Waals surface area contributed by atoms with Gasteiger partial charge in [0.15, 0.2) is 0 Å². The highest BCUT2D eigenvalue weighted by molar-refractivity contribution is 5.13. The van der Waals surface area contributed by atoms with Crippen molar-refractivity contribution >= 4 is 0 Å². The van der Waals surface area contributed by atoms with Gasteiger partial charge in [-0.3, -0.25) is 0 Å². The van der Waals surface area contributed by atoms with Crippen LogP contribution in [0, 0.1) is 28.1 Å². The zero-order chi connectivity index (χ0) is 11.7. The zero-order valence-corrected chi connectivity index (χ0v) is 10.7. The molecule has 1 fully saturated rings. The Morgan fingerprint density at radius 2 is 1.80 bits per heavy atom. The average molecular weight is 208 g/mol. The Morgan fingerprint density at radius 1 is 1.27 bits per heavy atom. The first-order valence-electron chi connectivity index (χ1n) is 5.98. The third-order valence-corrected chi connectivity index (χ3v) is 4.76. The molecule has 1 aliphatic carbocycles. The van der Waals surface area contributed by atoms with E-state index < -0.39 is 0 Å². The van der Waals surface area contributed by atoms with Crippen LogP contribution in [-0.4, -0.2) is 12.6 Å². The van der Waals surface area contributed by atoms with Crippen LogP contribution >= 0.6 is 0 Å². The summed E-state index contributed by atoms with van der Waals surface area (Å²) in [4.78, 5) is 0. The molecule has 86 valence electrons. The lowest BCUT2D eigenvalue weighted by Gasteiger charge is -2.14. The summed E-state index contributed by atoms with van der Waals surface area (Å²) in [5, 5.41) is 12.2. The van der Waals surface area contributed by atoms with E-state index in [-0.39, 0.29) is 0 Å². The average Bonchev–Trinajstić information content (AvgIpc) is 2.53. The van der Waals surface area contributed by atoms with E-state index in [4.69, 9.17) is 5.26 Å². The van der Waals surface area contributed by atoms with Crippen molar-refractivity contribution < 1.29 is 0 Å². The van der Waals surface area contributed by atoms with Crippen LogP contribution in [0.3, 0.4) is 0 Å². The smallest absolute Gasteiger partial charge is 0.0638 e. The molecule has 0 radical (unpaired) electrons. The van der Waals surface area contributed by atoms with Crippen LogP contribution in [0.5, 0.6) is 0 Å². The highest BCUT2D eigenvalue weighted by atomic mass is 14.9. The molecule has 1 aliphatic rings. The number of nitrogens with one attached hydrogen (secondary N) is 1. The maximum absolute atomic E-state index is 8.66. The lowest BCUT2D eigenvalue weighted by Crippen LogP contribution is -2.31. The summed E-state index contributed by atoms with van der Waals surface area (Å²) in [7, 11) is 0. The van der Waals surface area contributed by atoms with Gasteiger partial charge in [0.2, 0.25) is 0 Å². The second-order valence-corrected chi connectivity index (χ2v) is 5.87. The van der Waals surface area contributed by atoms with E-state index >= 15 is 0 Å². The van der Waals surface area contributed by atoms with E-state index in [1.165, 1.54) is 0 Å². The van der Waals surface area contributed by atoms with Crippen molar-refractivity contribution in [3.05, 3.63) is 0 Å². The summed E-state index contributed by atoms with van der Waals surface area (Å²) in [5.41, 5.74) is 0.899. The first kappa shape index (κ1) is 12.5. The SMILES string of the molecule is CCC(CC#N)NCC1C(C)(C)C1(C)C. The van der Waals surface area contributed by atoms with Crippen molar-refractivity contribution in [1.82, 2.24) is 5.32 Å². The van der Waals surface area contributed by atoms with Gasteiger partial charge >= 0.3 is 0 Å². The Hall–Kier alpha value is -0.550. The fourth-order valence-corrected chi connectivity index (χ4v) is 2.60. The lowest BCUT2D eigenvalue weighted by atomic mass is 10.0. The van der Waals surface area contributed by atoms with Gasteiger partial charge < -0.3 is 5.32 Å². The minimum atomic E-state index is 0.377. The Kier molecular flexibility index (Phi) is 3.45. The fraction of sp³-hybridized carbons (Fsp3) is 0.923. The number of rotatable bonds is 5. The van der Waals surface area contributed by atoms with Crippen molar-refractivity contribution in [2.75, 3.05) is 6.54 Å². The molecule has 0 bridgehead atoms. The molecule has 1 N–H and O–H groups in total. The van der Waals surface area contributed by atoms with Crippen LogP contribution in [0.2, 0.25) is 0 Å². The zero-order valence-electron chi connectivity index (χ0n) is 10.7. The maximum Gasteiger partial charge on any atom is 0.0638 e. The van der Waals surface area contributed by atoms with Crippen LogP contribution in [0.4, 0.5) is 0 Å². The topological polar surface area (TPSA) is 35.8 Å². The van der Waals surface area contributed by atoms with Gasteiger partial charge in [-0.1, -0.05) is 34.6 Å². The molecule has 1 rings (SSSR count). The predicted molar refractivity (Wildman–Crippen MR) is 63.4 cm³/mol. The molecule has 0 aromatic heterocycles. The third-order valence-electron chi connectivity index (χ3n) is 4.76. The maximum atomic E-state index is 8.66. The lowest BCUT2D eigenvalue weighted by molar-refractivity contribution is 0.454. The normalized spacial score (nSPS) is 24.5. The standard InChI is InChI=1S/C13H24N2/c1-6-10(7-8-14)15-9-11-12(2,3)13(11,4)5/h10-11,15H,6-7,9H2,1-5H3. The molecule has 2 nitrogen and oxygen atoms in total. The van der Waals surface area contributed by atoms with Gasteiger partial charge in [-0.15, -0.1) is 0 Å². The predicted octanol–water partition coefficient (Wildman–Crippen LogP) is 2.95. The van der Waals surface area contributed by atoms with Gasteiger partial charge in [0.1, 0.15) is 0 Å². The molecular weight excluding hydrogens is 184 g/mol. The summed E-state index contributed by atoms with van der Waals surface area (Å²) in [5.74, 6) is 0.748. The molecule has 0 heterocycles. The number of hydrogen-bond donors (Lipinski definition) is 1. The Labute approximate surface area is 94.1 Å². The van der Waals surface area contributed by atoms with Gasteiger partial charge in [-0.2, -0.15) is 5.26 Å². The molecule has 0 saturated heterocycles. The van der Waals surface area contributed by atoms with Gasteiger partial charge in [0.05, 0.1) is 12.5 Å². The van der Waals surface area contributed by atoms with E-state index in [1.807, 2.05) is 0 Å². The van der Waals surface area contributed by atoms with Crippen LogP contribution in [0.1, 0.15) is 47.5 Å². The highest BCUT2D eigenvalue weighted by Gasteiger charge is 2.63. The minimum absolute atomic E-state index is 0.377. The molecule has 0 spiro atoms. The van der Waals surface area contributed by atoms with Crippen LogP contribution < -0.4 is 5.32 Å². The first-order valence-corrected chi connectivity index (χ1v) is 5.98. The van der Waals surface area contributed by atoms with Crippen LogP contribution in [-0.2, 0) is 0 Å². The number of hydrogen-bond acceptors (Lipinski definition) is 2. The van der Waals surface area contributed by atoms with Gasteiger partial charge in [-0.25, -0.2) is 0 Å². The van der Waals surface area contributed by atoms with E-state index in [0.29, 0.717) is 23.3 Å². The van der Waals surface area contributed by atoms with E-state index in [2.05, 4.69) is 46.0 Å². The number of nitrogens with zero attached hydrogens (tertiary/aromatic N) is 1. The molecule has 0 aromatic rings. The van der Waals surface area contributed by atoms with Gasteiger partial charge in [0.25, 0.3) is 0 Å². The van der Waals surface area contributed by atoms with E-state index in [0.717, 1.165) is 18.9 Å². The molecule has 1 atom stereocenters. The van der Waals surface area contributed by atoms with Crippen molar-refractivity contribution in [2.45, 2.75) is 53.5 Å². The first-order chi connectivity index (χ1) is 6.87. The summed E-state index contributed by atoms with van der Waals surface area (Å²) in [6, 6.07) is 2.62. The van der Waals surface area contributed by atoms with E-state index in [9.17, 15) is 0 Å². The molecule has 0 aliphatic heterocycles.